The number of nitrogens with zero attached hydrogens (tertiary/aromatic N) is 2. The zero-order chi connectivity index (χ0) is 21.2. The van der Waals surface area contributed by atoms with Crippen molar-refractivity contribution in [3.8, 4) is 5.75 Å². The minimum atomic E-state index is -3.68. The molecule has 29 heavy (non-hydrogen) atoms. The second-order valence-corrected chi connectivity index (χ2v) is 9.81. The van der Waals surface area contributed by atoms with E-state index in [9.17, 15) is 13.2 Å². The van der Waals surface area contributed by atoms with Gasteiger partial charge in [0.15, 0.2) is 0 Å². The molecule has 0 saturated heterocycles. The number of benzene rings is 2. The molecule has 8 heteroatoms. The third kappa shape index (κ3) is 4.91. The maximum atomic E-state index is 13.1. The fourth-order valence-electron chi connectivity index (χ4n) is 3.28. The quantitative estimate of drug-likeness (QED) is 0.719. The van der Waals surface area contributed by atoms with Crippen molar-refractivity contribution in [2.24, 2.45) is 5.92 Å². The number of amides is 1. The van der Waals surface area contributed by atoms with E-state index >= 15 is 0 Å². The van der Waals surface area contributed by atoms with Gasteiger partial charge in [-0.1, -0.05) is 31.5 Å². The van der Waals surface area contributed by atoms with Crippen molar-refractivity contribution in [1.29, 1.82) is 0 Å². The van der Waals surface area contributed by atoms with Gasteiger partial charge < -0.3 is 9.64 Å². The third-order valence-electron chi connectivity index (χ3n) is 4.81. The van der Waals surface area contributed by atoms with Crippen LogP contribution in [0.5, 0.6) is 5.75 Å². The number of halogens is 1. The van der Waals surface area contributed by atoms with Crippen molar-refractivity contribution in [2.75, 3.05) is 20.2 Å². The summed E-state index contributed by atoms with van der Waals surface area (Å²) < 4.78 is 33.3. The van der Waals surface area contributed by atoms with Gasteiger partial charge in [0.05, 0.1) is 4.90 Å². The minimum absolute atomic E-state index is 0.0585. The molecule has 1 aliphatic rings. The molecule has 1 heterocycles. The Morgan fingerprint density at radius 3 is 2.55 bits per heavy atom. The first-order valence-electron chi connectivity index (χ1n) is 9.44. The van der Waals surface area contributed by atoms with E-state index in [1.807, 2.05) is 32.0 Å². The van der Waals surface area contributed by atoms with Crippen LogP contribution in [0.25, 0.3) is 0 Å². The SMILES string of the molecule is CC(C)C(=O)N(C)Cc1ccc2c(c1)CN(S(=O)(=O)c1ccc(Cl)cc1)CCO2. The standard InChI is InChI=1S/C21H25ClN2O4S/c1-15(2)21(25)23(3)13-16-4-9-20-17(12-16)14-24(10-11-28-20)29(26,27)19-7-5-18(22)6-8-19/h4-9,12,15H,10-11,13-14H2,1-3H3. The Morgan fingerprint density at radius 2 is 1.90 bits per heavy atom. The molecule has 1 amide bonds. The van der Waals surface area contributed by atoms with Gasteiger partial charge in [-0.15, -0.1) is 0 Å². The number of hydrogen-bond acceptors (Lipinski definition) is 4. The van der Waals surface area contributed by atoms with Gasteiger partial charge in [-0.2, -0.15) is 4.31 Å². The molecule has 156 valence electrons. The van der Waals surface area contributed by atoms with Crippen molar-refractivity contribution in [3.05, 3.63) is 58.6 Å². The van der Waals surface area contributed by atoms with Crippen LogP contribution in [0, 0.1) is 5.92 Å². The first kappa shape index (κ1) is 21.6. The number of fused-ring (bicyclic) bond motifs is 1. The Kier molecular flexibility index (Phi) is 6.51. The maximum Gasteiger partial charge on any atom is 0.243 e. The molecule has 0 fully saturated rings. The molecule has 0 aromatic heterocycles. The molecular weight excluding hydrogens is 412 g/mol. The highest BCUT2D eigenvalue weighted by atomic mass is 35.5. The van der Waals surface area contributed by atoms with E-state index in [4.69, 9.17) is 16.3 Å². The second kappa shape index (κ2) is 8.73. The zero-order valence-electron chi connectivity index (χ0n) is 16.8. The Labute approximate surface area is 177 Å². The van der Waals surface area contributed by atoms with Gasteiger partial charge in [-0.25, -0.2) is 8.42 Å². The molecule has 0 unspecified atom stereocenters. The molecule has 2 aromatic rings. The predicted octanol–water partition coefficient (Wildman–Crippen LogP) is 3.54. The number of sulfonamides is 1. The van der Waals surface area contributed by atoms with Gasteiger partial charge in [-0.05, 0) is 42.0 Å². The number of carbonyl (C=O) groups is 1. The Bertz CT molecular complexity index is 990. The monoisotopic (exact) mass is 436 g/mol. The van der Waals surface area contributed by atoms with Crippen molar-refractivity contribution < 1.29 is 17.9 Å². The lowest BCUT2D eigenvalue weighted by molar-refractivity contribution is -0.133. The van der Waals surface area contributed by atoms with Crippen LogP contribution in [0.3, 0.4) is 0 Å². The Balaban J connectivity index is 1.84. The molecule has 0 radical (unpaired) electrons. The topological polar surface area (TPSA) is 66.9 Å². The lowest BCUT2D eigenvalue weighted by atomic mass is 10.1. The maximum absolute atomic E-state index is 13.1. The summed E-state index contributed by atoms with van der Waals surface area (Å²) in [7, 11) is -1.91. The highest BCUT2D eigenvalue weighted by Crippen LogP contribution is 2.28. The predicted molar refractivity (Wildman–Crippen MR) is 112 cm³/mol. The van der Waals surface area contributed by atoms with Crippen LogP contribution < -0.4 is 4.74 Å². The van der Waals surface area contributed by atoms with Crippen LogP contribution in [0.2, 0.25) is 5.02 Å². The highest BCUT2D eigenvalue weighted by Gasteiger charge is 2.28. The molecule has 2 aromatic carbocycles. The van der Waals surface area contributed by atoms with Gasteiger partial charge >= 0.3 is 0 Å². The van der Waals surface area contributed by atoms with E-state index in [2.05, 4.69) is 0 Å². The molecule has 0 saturated carbocycles. The molecule has 3 rings (SSSR count). The average molecular weight is 437 g/mol. The Morgan fingerprint density at radius 1 is 1.21 bits per heavy atom. The lowest BCUT2D eigenvalue weighted by Gasteiger charge is -2.21. The fraction of sp³-hybridized carbons (Fsp3) is 0.381. The highest BCUT2D eigenvalue weighted by molar-refractivity contribution is 7.89. The number of ether oxygens (including phenoxy) is 1. The van der Waals surface area contributed by atoms with Gasteiger partial charge in [0.1, 0.15) is 12.4 Å². The number of carbonyl (C=O) groups excluding carboxylic acids is 1. The second-order valence-electron chi connectivity index (χ2n) is 7.43. The zero-order valence-corrected chi connectivity index (χ0v) is 18.3. The van der Waals surface area contributed by atoms with Gasteiger partial charge in [0.2, 0.25) is 15.9 Å². The Hall–Kier alpha value is -2.09. The molecular formula is C21H25ClN2O4S. The van der Waals surface area contributed by atoms with E-state index in [1.165, 1.54) is 16.4 Å². The third-order valence-corrected chi connectivity index (χ3v) is 6.92. The summed E-state index contributed by atoms with van der Waals surface area (Å²) >= 11 is 5.88. The lowest BCUT2D eigenvalue weighted by Crippen LogP contribution is -2.32. The number of rotatable bonds is 5. The smallest absolute Gasteiger partial charge is 0.243 e. The van der Waals surface area contributed by atoms with Crippen LogP contribution >= 0.6 is 11.6 Å². The molecule has 0 spiro atoms. The normalized spacial score (nSPS) is 14.8. The summed E-state index contributed by atoms with van der Waals surface area (Å²) in [5, 5.41) is 0.484. The van der Waals surface area contributed by atoms with Crippen molar-refractivity contribution in [2.45, 2.75) is 31.8 Å². The van der Waals surface area contributed by atoms with Crippen molar-refractivity contribution >= 4 is 27.5 Å². The van der Waals surface area contributed by atoms with Gasteiger partial charge in [-0.3, -0.25) is 4.79 Å². The molecule has 0 N–H and O–H groups in total. The summed E-state index contributed by atoms with van der Waals surface area (Å²) in [5.41, 5.74) is 1.71. The summed E-state index contributed by atoms with van der Waals surface area (Å²) in [6.07, 6.45) is 0. The molecule has 0 aliphatic carbocycles. The van der Waals surface area contributed by atoms with Crippen molar-refractivity contribution in [1.82, 2.24) is 9.21 Å². The summed E-state index contributed by atoms with van der Waals surface area (Å²) in [5.74, 6) is 0.646. The van der Waals surface area contributed by atoms with Crippen LogP contribution in [0.4, 0.5) is 0 Å². The largest absolute Gasteiger partial charge is 0.492 e. The molecule has 1 aliphatic heterocycles. The van der Waals surface area contributed by atoms with E-state index < -0.39 is 10.0 Å². The van der Waals surface area contributed by atoms with Gasteiger partial charge in [0, 0.05) is 43.2 Å². The van der Waals surface area contributed by atoms with Gasteiger partial charge in [0.25, 0.3) is 0 Å². The summed E-state index contributed by atoms with van der Waals surface area (Å²) in [6.45, 7) is 4.90. The van der Waals surface area contributed by atoms with Crippen LogP contribution in [0.15, 0.2) is 47.4 Å². The molecule has 0 atom stereocenters. The van der Waals surface area contributed by atoms with Crippen molar-refractivity contribution in [3.63, 3.8) is 0 Å². The van der Waals surface area contributed by atoms with Crippen LogP contribution in [-0.2, 0) is 27.9 Å². The minimum Gasteiger partial charge on any atom is -0.492 e. The van der Waals surface area contributed by atoms with E-state index in [1.54, 1.807) is 24.1 Å². The fourth-order valence-corrected chi connectivity index (χ4v) is 4.80. The van der Waals surface area contributed by atoms with E-state index in [0.717, 1.165) is 11.1 Å². The van der Waals surface area contributed by atoms with E-state index in [-0.39, 0.29) is 36.4 Å². The number of hydrogen-bond donors (Lipinski definition) is 0. The first-order chi connectivity index (χ1) is 13.7. The molecule has 6 nitrogen and oxygen atoms in total. The molecule has 0 bridgehead atoms. The summed E-state index contributed by atoms with van der Waals surface area (Å²) in [4.78, 5) is 14.0. The van der Waals surface area contributed by atoms with Crippen LogP contribution in [0.1, 0.15) is 25.0 Å². The van der Waals surface area contributed by atoms with E-state index in [0.29, 0.717) is 17.3 Å². The average Bonchev–Trinajstić information content (AvgIpc) is 2.90. The van der Waals surface area contributed by atoms with Crippen LogP contribution in [-0.4, -0.2) is 43.7 Å². The first-order valence-corrected chi connectivity index (χ1v) is 11.3. The summed E-state index contributed by atoms with van der Waals surface area (Å²) in [6, 6.07) is 11.8.